The number of hydrogen-bond donors (Lipinski definition) is 4. The van der Waals surface area contributed by atoms with Gasteiger partial charge in [-0.2, -0.15) is 4.99 Å². The summed E-state index contributed by atoms with van der Waals surface area (Å²) in [6, 6.07) is 16.9. The van der Waals surface area contributed by atoms with Crippen molar-refractivity contribution >= 4 is 103 Å². The van der Waals surface area contributed by atoms with Crippen LogP contribution in [0.5, 0.6) is 0 Å². The number of nitrogens with two attached hydrogens (primary N) is 1. The van der Waals surface area contributed by atoms with Crippen LogP contribution >= 0.6 is 40.0 Å². The molecule has 0 aromatic heterocycles. The summed E-state index contributed by atoms with van der Waals surface area (Å²) in [5, 5.41) is 5.23. The van der Waals surface area contributed by atoms with Gasteiger partial charge >= 0.3 is 37.6 Å². The molecule has 0 bridgehead atoms. The average molecular weight is 1080 g/mol. The van der Waals surface area contributed by atoms with E-state index in [9.17, 15) is 39.6 Å². The minimum absolute atomic E-state index is 0. The first kappa shape index (κ1) is 60.1. The molecule has 0 saturated carbocycles. The van der Waals surface area contributed by atoms with Crippen molar-refractivity contribution in [3.63, 3.8) is 0 Å². The van der Waals surface area contributed by atoms with Crippen molar-refractivity contribution in [3.05, 3.63) is 72.8 Å². The van der Waals surface area contributed by atoms with Crippen molar-refractivity contribution in [2.75, 3.05) is 24.7 Å². The predicted octanol–water partition coefficient (Wildman–Crippen LogP) is 5.36. The van der Waals surface area contributed by atoms with Gasteiger partial charge in [-0.15, -0.1) is 0 Å². The van der Waals surface area contributed by atoms with Crippen LogP contribution in [0.25, 0.3) is 0 Å². The van der Waals surface area contributed by atoms with Crippen LogP contribution in [0.15, 0.2) is 92.5 Å². The number of amides is 2. The third kappa shape index (κ3) is 27.9. The molecule has 0 aliphatic heterocycles. The monoisotopic (exact) mass is 1080 g/mol. The van der Waals surface area contributed by atoms with Crippen molar-refractivity contribution in [3.8, 4) is 0 Å². The Balaban J connectivity index is -0.0000000765. The van der Waals surface area contributed by atoms with Gasteiger partial charge in [-0.05, 0) is 86.9 Å². The summed E-state index contributed by atoms with van der Waals surface area (Å²) in [5.41, 5.74) is 5.96. The van der Waals surface area contributed by atoms with Gasteiger partial charge in [0.2, 0.25) is 27.9 Å². The standard InChI is InChI=1S/C10H14N2O3S.C9H10ClNO3S.C7H4ClNO3S.C2H6.CH5N.3CH4.HI2.3H2/c1-3-10(13)12-8-4-6-9(7-5-8)16(14,15)11-2;1-2-9(12)11-7-3-5-8(6-4-7)15(10,13)14;8-13(11,12)7-3-1-6(2-4-7)9-5-10;2*1-2;;;;1-2;;;/h4-7,11H,3H2,1-2H3,(H,12,13);3-6H,2H2,1H3,(H,11,12);1-4H;1-2H3;2H2,1H3;3*1H4;1H;3*1H/q;;;;;;;;-1;;;/i;;;;;;;;1D;3*1+2. The summed E-state index contributed by atoms with van der Waals surface area (Å²) < 4.78 is 74.6. The summed E-state index contributed by atoms with van der Waals surface area (Å²) in [5.74, 6) is -0.235. The Labute approximate surface area is 353 Å². The van der Waals surface area contributed by atoms with E-state index in [2.05, 4.69) is 44.7 Å². The number of carbonyl (C=O) groups is 2. The van der Waals surface area contributed by atoms with Gasteiger partial charge in [0.1, 0.15) is 0 Å². The second kappa shape index (κ2) is 34.3. The summed E-state index contributed by atoms with van der Waals surface area (Å²) in [7, 11) is 2.22. The van der Waals surface area contributed by atoms with Crippen LogP contribution in [0, 0.1) is 0 Å². The Kier molecular flexibility index (Phi) is 38.9. The first-order chi connectivity index (χ1) is 23.9. The van der Waals surface area contributed by atoms with Gasteiger partial charge in [-0.1, -0.05) is 50.0 Å². The summed E-state index contributed by atoms with van der Waals surface area (Å²) in [6.07, 6.45) is 2.09. The maximum atomic E-state index is 11.4. The predicted molar refractivity (Wildman–Crippen MR) is 231 cm³/mol. The molecule has 0 spiro atoms. The van der Waals surface area contributed by atoms with E-state index >= 15 is 0 Å². The zero-order valence-electron chi connectivity index (χ0n) is 28.8. The normalized spacial score (nSPS) is 9.74. The minimum atomic E-state index is -3.70. The SMILES string of the molecule is C.C.C.CC.CCC(=O)Nc1ccc(S(=O)(=O)Cl)cc1.CCC(=O)Nc1ccc(S(=O)(=O)NC)cc1.CN.O=C=Nc1ccc(S(=O)(=O)Cl)cc1.[2H][I-]I.[3HH].[3HH].[3HH]. The Morgan fingerprint density at radius 2 is 1.04 bits per heavy atom. The van der Waals surface area contributed by atoms with E-state index in [0.29, 0.717) is 29.9 Å². The van der Waals surface area contributed by atoms with Gasteiger partial charge < -0.3 is 16.4 Å². The number of nitrogens with zero attached hydrogens (tertiary/aromatic N) is 1. The third-order valence-electron chi connectivity index (χ3n) is 5.07. The van der Waals surface area contributed by atoms with Crippen LogP contribution in [-0.4, -0.2) is 57.8 Å². The molecule has 0 aliphatic carbocycles. The van der Waals surface area contributed by atoms with Crippen LogP contribution in [0.4, 0.5) is 17.1 Å². The van der Waals surface area contributed by atoms with Crippen molar-refractivity contribution < 1.29 is 62.3 Å². The summed E-state index contributed by atoms with van der Waals surface area (Å²) in [4.78, 5) is 35.3. The summed E-state index contributed by atoms with van der Waals surface area (Å²) in [6.45, 7) is 7.47. The molecule has 0 unspecified atom stereocenters. The number of anilines is 2. The number of carbonyl (C=O) groups excluding carboxylic acids is 3. The van der Waals surface area contributed by atoms with Crippen LogP contribution < -0.4 is 39.5 Å². The smallest absolute Gasteiger partial charge is 0 e. The molecule has 0 saturated heterocycles. The summed E-state index contributed by atoms with van der Waals surface area (Å²) >= 11 is 1.88. The molecule has 2 amide bonds. The van der Waals surface area contributed by atoms with E-state index in [1.54, 1.807) is 26.0 Å². The first-order valence-electron chi connectivity index (χ1n) is 14.4. The maximum Gasteiger partial charge on any atom is 0 e. The van der Waals surface area contributed by atoms with Gasteiger partial charge in [0.25, 0.3) is 18.1 Å². The molecule has 14 nitrogen and oxygen atoms in total. The fourth-order valence-corrected chi connectivity index (χ4v) is 5.04. The van der Waals surface area contributed by atoms with Crippen LogP contribution in [0.1, 0.15) is 67.1 Å². The number of isocyanates is 1. The van der Waals surface area contributed by atoms with Crippen molar-refractivity contribution in [2.45, 2.75) is 77.5 Å². The fraction of sp³-hybridized carbons (Fsp3) is 0.344. The fourth-order valence-electron chi connectivity index (χ4n) is 2.77. The van der Waals surface area contributed by atoms with E-state index < -0.39 is 28.1 Å². The topological polar surface area (TPSA) is 228 Å². The van der Waals surface area contributed by atoms with Crippen LogP contribution in [-0.2, 0) is 42.5 Å². The number of halogens is 4. The van der Waals surface area contributed by atoms with E-state index in [1.165, 1.54) is 80.8 Å². The molecule has 3 rings (SSSR count). The van der Waals surface area contributed by atoms with Crippen molar-refractivity contribution in [1.82, 2.24) is 4.72 Å². The Bertz CT molecular complexity index is 1850. The number of hydrogen-bond acceptors (Lipinski definition) is 11. The molecule has 0 heterocycles. The molecule has 3 aromatic rings. The Hall–Kier alpha value is -2.21. The van der Waals surface area contributed by atoms with Gasteiger partial charge in [0.15, 0.2) is 0 Å². The molecular weight excluding hydrogens is 1020 g/mol. The minimum Gasteiger partial charge on any atom is 0 e. The maximum absolute atomic E-state index is 11.4. The number of nitrogens with one attached hydrogen (secondary N) is 3. The zero-order valence-corrected chi connectivity index (χ0v) is 36.1. The van der Waals surface area contributed by atoms with Crippen molar-refractivity contribution in [2.24, 2.45) is 10.7 Å². The second-order valence-corrected chi connectivity index (χ2v) is 15.2. The van der Waals surface area contributed by atoms with Crippen LogP contribution in [0.3, 0.4) is 0 Å². The number of rotatable bonds is 9. The quantitative estimate of drug-likeness (QED) is 0.0929. The number of aliphatic imine (C=N–C) groups is 1. The first-order valence-corrected chi connectivity index (χ1v) is 26.4. The van der Waals surface area contributed by atoms with Crippen LogP contribution in [0.2, 0.25) is 0 Å². The molecule has 0 radical (unpaired) electrons. The molecule has 5 N–H and O–H groups in total. The molecule has 0 fully saturated rings. The molecule has 0 aliphatic rings. The molecule has 3 aromatic carbocycles. The second-order valence-electron chi connectivity index (χ2n) is 8.13. The molecule has 0 atom stereocenters. The molecule has 312 valence electrons. The average Bonchev–Trinajstić information content (AvgIpc) is 3.11. The van der Waals surface area contributed by atoms with E-state index in [0.717, 1.165) is 0 Å². The third-order valence-corrected chi connectivity index (χ3v) is 9.24. The van der Waals surface area contributed by atoms with Gasteiger partial charge in [-0.3, -0.25) is 9.59 Å². The molecule has 21 heteroatoms. The molecule has 53 heavy (non-hydrogen) atoms. The van der Waals surface area contributed by atoms with E-state index in [1.807, 2.05) is 13.8 Å². The number of sulfonamides is 1. The molecular formula is C32H58Cl2I2N5O9S3-. The van der Waals surface area contributed by atoms with Gasteiger partial charge in [0, 0.05) is 49.9 Å². The van der Waals surface area contributed by atoms with Gasteiger partial charge in [0.05, 0.1) is 20.4 Å². The van der Waals surface area contributed by atoms with E-state index in [4.69, 9.17) is 22.0 Å². The Morgan fingerprint density at radius 1 is 0.755 bits per heavy atom. The largest absolute Gasteiger partial charge is 0 e. The Morgan fingerprint density at radius 3 is 1.28 bits per heavy atom. The van der Waals surface area contributed by atoms with Gasteiger partial charge in [-0.25, -0.2) is 34.8 Å². The number of benzene rings is 3. The zero-order chi connectivity index (χ0) is 40.3. The van der Waals surface area contributed by atoms with E-state index in [-0.39, 0.29) is 71.5 Å². The van der Waals surface area contributed by atoms with Crippen molar-refractivity contribution in [1.29, 1.82) is 0.594 Å².